The van der Waals surface area contributed by atoms with E-state index in [1.54, 1.807) is 10.7 Å². The van der Waals surface area contributed by atoms with Crippen molar-refractivity contribution in [3.8, 4) is 5.69 Å². The predicted molar refractivity (Wildman–Crippen MR) is 93.8 cm³/mol. The lowest BCUT2D eigenvalue weighted by molar-refractivity contribution is 0.0684. The van der Waals surface area contributed by atoms with Gasteiger partial charge in [-0.25, -0.2) is 4.68 Å². The summed E-state index contributed by atoms with van der Waals surface area (Å²) in [4.78, 5) is 14.5. The molecule has 1 fully saturated rings. The van der Waals surface area contributed by atoms with Gasteiger partial charge in [0.1, 0.15) is 0 Å². The van der Waals surface area contributed by atoms with Crippen LogP contribution in [0.1, 0.15) is 23.3 Å². The van der Waals surface area contributed by atoms with Gasteiger partial charge < -0.3 is 10.2 Å². The van der Waals surface area contributed by atoms with Gasteiger partial charge in [0.05, 0.1) is 5.69 Å². The van der Waals surface area contributed by atoms with E-state index in [4.69, 9.17) is 0 Å². The number of carbonyl (C=O) groups excluding carboxylic acids is 1. The molecule has 23 heavy (non-hydrogen) atoms. The van der Waals surface area contributed by atoms with E-state index in [1.165, 1.54) is 0 Å². The van der Waals surface area contributed by atoms with Crippen molar-refractivity contribution in [1.82, 2.24) is 20.0 Å². The minimum atomic E-state index is 0.0293. The largest absolute Gasteiger partial charge is 0.337 e. The molecule has 5 nitrogen and oxygen atoms in total. The molecule has 6 heteroatoms. The van der Waals surface area contributed by atoms with E-state index in [-0.39, 0.29) is 5.91 Å². The zero-order valence-corrected chi connectivity index (χ0v) is 14.8. The van der Waals surface area contributed by atoms with Crippen molar-refractivity contribution in [2.24, 2.45) is 5.92 Å². The van der Waals surface area contributed by atoms with Gasteiger partial charge in [0.25, 0.3) is 5.91 Å². The van der Waals surface area contributed by atoms with Crippen LogP contribution in [0.2, 0.25) is 0 Å². The Hall–Kier alpha value is -1.66. The predicted octanol–water partition coefficient (Wildman–Crippen LogP) is 2.71. The molecule has 0 spiro atoms. The van der Waals surface area contributed by atoms with Crippen molar-refractivity contribution in [1.29, 1.82) is 0 Å². The van der Waals surface area contributed by atoms with Crippen LogP contribution in [0.15, 0.2) is 41.0 Å². The zero-order valence-electron chi connectivity index (χ0n) is 13.2. The topological polar surface area (TPSA) is 50.2 Å². The Kier molecular flexibility index (Phi) is 5.13. The maximum Gasteiger partial charge on any atom is 0.274 e. The summed E-state index contributed by atoms with van der Waals surface area (Å²) in [6.45, 7) is 2.66. The maximum atomic E-state index is 12.6. The van der Waals surface area contributed by atoms with Crippen LogP contribution in [0.5, 0.6) is 0 Å². The first-order valence-electron chi connectivity index (χ1n) is 7.93. The Labute approximate surface area is 144 Å². The SMILES string of the molecule is CNCC1CCN(C(=O)c2ccn(-c3cccc(Br)c3)n2)CC1. The second-order valence-electron chi connectivity index (χ2n) is 5.92. The van der Waals surface area contributed by atoms with Gasteiger partial charge >= 0.3 is 0 Å². The molecule has 0 aliphatic carbocycles. The number of rotatable bonds is 4. The third-order valence-electron chi connectivity index (χ3n) is 4.28. The summed E-state index contributed by atoms with van der Waals surface area (Å²) in [5, 5.41) is 7.66. The first-order chi connectivity index (χ1) is 11.2. The molecule has 0 unspecified atom stereocenters. The van der Waals surface area contributed by atoms with Crippen molar-refractivity contribution in [2.45, 2.75) is 12.8 Å². The maximum absolute atomic E-state index is 12.6. The zero-order chi connectivity index (χ0) is 16.2. The fraction of sp³-hybridized carbons (Fsp3) is 0.412. The van der Waals surface area contributed by atoms with E-state index in [2.05, 4.69) is 26.3 Å². The number of likely N-dealkylation sites (tertiary alicyclic amines) is 1. The summed E-state index contributed by atoms with van der Waals surface area (Å²) in [6, 6.07) is 9.66. The van der Waals surface area contributed by atoms with Gasteiger partial charge in [0.15, 0.2) is 5.69 Å². The third kappa shape index (κ3) is 3.82. The summed E-state index contributed by atoms with van der Waals surface area (Å²) < 4.78 is 2.73. The average molecular weight is 377 g/mol. The van der Waals surface area contributed by atoms with Crippen molar-refractivity contribution >= 4 is 21.8 Å². The number of piperidine rings is 1. The molecule has 3 rings (SSSR count). The number of hydrogen-bond donors (Lipinski definition) is 1. The smallest absolute Gasteiger partial charge is 0.274 e. The highest BCUT2D eigenvalue weighted by Gasteiger charge is 2.24. The highest BCUT2D eigenvalue weighted by atomic mass is 79.9. The highest BCUT2D eigenvalue weighted by Crippen LogP contribution is 2.19. The van der Waals surface area contributed by atoms with Gasteiger partial charge in [0, 0.05) is 23.8 Å². The van der Waals surface area contributed by atoms with E-state index in [9.17, 15) is 4.79 Å². The van der Waals surface area contributed by atoms with Crippen LogP contribution in [-0.4, -0.2) is 47.3 Å². The summed E-state index contributed by atoms with van der Waals surface area (Å²) in [5.74, 6) is 0.699. The highest BCUT2D eigenvalue weighted by molar-refractivity contribution is 9.10. The van der Waals surface area contributed by atoms with E-state index >= 15 is 0 Å². The number of carbonyl (C=O) groups is 1. The Morgan fingerprint density at radius 3 is 2.83 bits per heavy atom. The second kappa shape index (κ2) is 7.27. The molecular formula is C17H21BrN4O. The quantitative estimate of drug-likeness (QED) is 0.892. The monoisotopic (exact) mass is 376 g/mol. The van der Waals surface area contributed by atoms with Crippen LogP contribution in [0.3, 0.4) is 0 Å². The summed E-state index contributed by atoms with van der Waals surface area (Å²) in [6.07, 6.45) is 3.95. The molecule has 1 N–H and O–H groups in total. The Morgan fingerprint density at radius 1 is 1.35 bits per heavy atom. The van der Waals surface area contributed by atoms with Gasteiger partial charge in [-0.15, -0.1) is 0 Å². The first kappa shape index (κ1) is 16.2. The van der Waals surface area contributed by atoms with E-state index in [0.29, 0.717) is 11.6 Å². The molecule has 2 aromatic rings. The standard InChI is InChI=1S/C17H21BrN4O/c1-19-12-13-5-8-21(9-6-13)17(23)16-7-10-22(20-16)15-4-2-3-14(18)11-15/h2-4,7,10-11,13,19H,5-6,8-9,12H2,1H3. The van der Waals surface area contributed by atoms with E-state index in [0.717, 1.165) is 42.6 Å². The van der Waals surface area contributed by atoms with E-state index < -0.39 is 0 Å². The van der Waals surface area contributed by atoms with Crippen LogP contribution in [0, 0.1) is 5.92 Å². The summed E-state index contributed by atoms with van der Waals surface area (Å²) in [7, 11) is 1.98. The Morgan fingerprint density at radius 2 is 2.13 bits per heavy atom. The van der Waals surface area contributed by atoms with Gasteiger partial charge in [-0.05, 0) is 56.6 Å². The lowest BCUT2D eigenvalue weighted by Gasteiger charge is -2.31. The van der Waals surface area contributed by atoms with Crippen molar-refractivity contribution in [3.63, 3.8) is 0 Å². The molecule has 0 saturated carbocycles. The minimum absolute atomic E-state index is 0.0293. The lowest BCUT2D eigenvalue weighted by atomic mass is 9.97. The number of halogens is 1. The molecule has 1 aromatic carbocycles. The van der Waals surface area contributed by atoms with Crippen LogP contribution in [0.4, 0.5) is 0 Å². The number of aromatic nitrogens is 2. The van der Waals surface area contributed by atoms with Crippen LogP contribution in [-0.2, 0) is 0 Å². The number of nitrogens with one attached hydrogen (secondary N) is 1. The van der Waals surface area contributed by atoms with E-state index in [1.807, 2.05) is 42.4 Å². The number of hydrogen-bond acceptors (Lipinski definition) is 3. The Balaban J connectivity index is 1.67. The Bertz CT molecular complexity index is 677. The number of benzene rings is 1. The van der Waals surface area contributed by atoms with Gasteiger partial charge in [-0.1, -0.05) is 22.0 Å². The molecule has 0 radical (unpaired) electrons. The minimum Gasteiger partial charge on any atom is -0.337 e. The molecule has 0 atom stereocenters. The van der Waals surface area contributed by atoms with Gasteiger partial charge in [0.2, 0.25) is 0 Å². The molecular weight excluding hydrogens is 356 g/mol. The molecule has 2 heterocycles. The second-order valence-corrected chi connectivity index (χ2v) is 6.83. The molecule has 1 aliphatic rings. The molecule has 1 amide bonds. The van der Waals surface area contributed by atoms with Crippen molar-refractivity contribution < 1.29 is 4.79 Å². The third-order valence-corrected chi connectivity index (χ3v) is 4.77. The number of nitrogens with zero attached hydrogens (tertiary/aromatic N) is 3. The lowest BCUT2D eigenvalue weighted by Crippen LogP contribution is -2.40. The molecule has 1 aliphatic heterocycles. The van der Waals surface area contributed by atoms with Crippen molar-refractivity contribution in [3.05, 3.63) is 46.7 Å². The van der Waals surface area contributed by atoms with Crippen LogP contribution in [0.25, 0.3) is 5.69 Å². The molecule has 0 bridgehead atoms. The van der Waals surface area contributed by atoms with Crippen LogP contribution >= 0.6 is 15.9 Å². The summed E-state index contributed by atoms with van der Waals surface area (Å²) >= 11 is 3.45. The molecule has 122 valence electrons. The molecule has 1 aromatic heterocycles. The fourth-order valence-electron chi connectivity index (χ4n) is 2.99. The van der Waals surface area contributed by atoms with Gasteiger partial charge in [-0.3, -0.25) is 4.79 Å². The molecule has 1 saturated heterocycles. The normalized spacial score (nSPS) is 15.8. The van der Waals surface area contributed by atoms with Crippen LogP contribution < -0.4 is 5.32 Å². The first-order valence-corrected chi connectivity index (χ1v) is 8.72. The summed E-state index contributed by atoms with van der Waals surface area (Å²) in [5.41, 5.74) is 1.45. The van der Waals surface area contributed by atoms with Gasteiger partial charge in [-0.2, -0.15) is 5.10 Å². The average Bonchev–Trinajstić information content (AvgIpc) is 3.05. The number of amides is 1. The van der Waals surface area contributed by atoms with Crippen molar-refractivity contribution in [2.75, 3.05) is 26.7 Å². The fourth-order valence-corrected chi connectivity index (χ4v) is 3.38.